The molecule has 148 valence electrons. The van der Waals surface area contributed by atoms with Gasteiger partial charge in [0.1, 0.15) is 5.69 Å². The van der Waals surface area contributed by atoms with Crippen LogP contribution >= 0.6 is 0 Å². The zero-order valence-electron chi connectivity index (χ0n) is 16.7. The van der Waals surface area contributed by atoms with Crippen molar-refractivity contribution in [2.75, 3.05) is 6.54 Å². The number of allylic oxidation sites excluding steroid dienone is 1. The number of carbonyl (C=O) groups excluding carboxylic acids is 2. The van der Waals surface area contributed by atoms with Gasteiger partial charge < -0.3 is 10.6 Å². The summed E-state index contributed by atoms with van der Waals surface area (Å²) in [6.07, 6.45) is 5.81. The number of benzene rings is 1. The van der Waals surface area contributed by atoms with E-state index in [0.717, 1.165) is 31.4 Å². The van der Waals surface area contributed by atoms with Crippen molar-refractivity contribution in [3.05, 3.63) is 46.8 Å². The van der Waals surface area contributed by atoms with Gasteiger partial charge in [-0.2, -0.15) is 0 Å². The van der Waals surface area contributed by atoms with Gasteiger partial charge in [0.25, 0.3) is 11.8 Å². The molecule has 1 saturated carbocycles. The standard InChI is InChI=1S/C21H27N5O2/c1-4-14(5-2)13-18-19(21(28)23-16-9-10-16)24-25-26(18)17-11-7-15(8-12-17)20(27)22-6-3/h7-8,11-13,16H,4-6,9-10H2,1-3H3,(H,22,27)(H,23,28). The summed E-state index contributed by atoms with van der Waals surface area (Å²) < 4.78 is 1.66. The zero-order chi connectivity index (χ0) is 20.1. The Morgan fingerprint density at radius 3 is 2.36 bits per heavy atom. The predicted octanol–water partition coefficient (Wildman–Crippen LogP) is 3.11. The van der Waals surface area contributed by atoms with Gasteiger partial charge in [-0.1, -0.05) is 24.6 Å². The molecule has 3 rings (SSSR count). The quantitative estimate of drug-likeness (QED) is 0.735. The van der Waals surface area contributed by atoms with E-state index in [1.165, 1.54) is 5.57 Å². The Kier molecular flexibility index (Phi) is 6.23. The largest absolute Gasteiger partial charge is 0.352 e. The Labute approximate surface area is 165 Å². The van der Waals surface area contributed by atoms with E-state index < -0.39 is 0 Å². The molecule has 0 spiro atoms. The van der Waals surface area contributed by atoms with Crippen molar-refractivity contribution in [1.29, 1.82) is 0 Å². The maximum absolute atomic E-state index is 12.6. The van der Waals surface area contributed by atoms with Gasteiger partial charge in [0.05, 0.1) is 5.69 Å². The maximum Gasteiger partial charge on any atom is 0.274 e. The average molecular weight is 381 g/mol. The molecule has 1 heterocycles. The SMILES string of the molecule is CCNC(=O)c1ccc(-n2nnc(C(=O)NC3CC3)c2C=C(CC)CC)cc1. The Bertz CT molecular complexity index is 873. The molecule has 1 aromatic heterocycles. The molecule has 28 heavy (non-hydrogen) atoms. The van der Waals surface area contributed by atoms with Gasteiger partial charge in [-0.3, -0.25) is 9.59 Å². The Balaban J connectivity index is 1.97. The molecule has 1 aliphatic carbocycles. The van der Waals surface area contributed by atoms with E-state index in [1.807, 2.05) is 25.1 Å². The fourth-order valence-corrected chi connectivity index (χ4v) is 2.92. The van der Waals surface area contributed by atoms with Crippen LogP contribution in [0.15, 0.2) is 29.8 Å². The summed E-state index contributed by atoms with van der Waals surface area (Å²) in [6, 6.07) is 7.38. The van der Waals surface area contributed by atoms with E-state index in [0.29, 0.717) is 23.5 Å². The van der Waals surface area contributed by atoms with Gasteiger partial charge in [-0.25, -0.2) is 4.68 Å². The fraction of sp³-hybridized carbons (Fsp3) is 0.429. The highest BCUT2D eigenvalue weighted by Crippen LogP contribution is 2.22. The Morgan fingerprint density at radius 1 is 1.11 bits per heavy atom. The van der Waals surface area contributed by atoms with Crippen LogP contribution in [0, 0.1) is 0 Å². The summed E-state index contributed by atoms with van der Waals surface area (Å²) in [6.45, 7) is 6.64. The van der Waals surface area contributed by atoms with E-state index in [4.69, 9.17) is 0 Å². The molecule has 7 heteroatoms. The molecule has 7 nitrogen and oxygen atoms in total. The molecule has 0 unspecified atom stereocenters. The summed E-state index contributed by atoms with van der Waals surface area (Å²) in [4.78, 5) is 24.6. The van der Waals surface area contributed by atoms with Crippen LogP contribution in [0.5, 0.6) is 0 Å². The van der Waals surface area contributed by atoms with Gasteiger partial charge >= 0.3 is 0 Å². The second-order valence-electron chi connectivity index (χ2n) is 6.90. The van der Waals surface area contributed by atoms with Crippen LogP contribution in [0.2, 0.25) is 0 Å². The minimum Gasteiger partial charge on any atom is -0.352 e. The summed E-state index contributed by atoms with van der Waals surface area (Å²) in [5.74, 6) is -0.304. The van der Waals surface area contributed by atoms with Crippen molar-refractivity contribution in [3.63, 3.8) is 0 Å². The van der Waals surface area contributed by atoms with Gasteiger partial charge in [-0.05, 0) is 62.9 Å². The van der Waals surface area contributed by atoms with Crippen molar-refractivity contribution in [2.45, 2.75) is 52.5 Å². The van der Waals surface area contributed by atoms with Crippen LogP contribution < -0.4 is 10.6 Å². The third kappa shape index (κ3) is 4.47. The van der Waals surface area contributed by atoms with E-state index >= 15 is 0 Å². The third-order valence-corrected chi connectivity index (χ3v) is 4.79. The number of amides is 2. The molecule has 2 aromatic rings. The minimum atomic E-state index is -0.189. The molecule has 0 aliphatic heterocycles. The van der Waals surface area contributed by atoms with Crippen LogP contribution in [0.3, 0.4) is 0 Å². The van der Waals surface area contributed by atoms with E-state index in [-0.39, 0.29) is 17.9 Å². The maximum atomic E-state index is 12.6. The lowest BCUT2D eigenvalue weighted by Crippen LogP contribution is -2.26. The molecule has 1 aromatic carbocycles. The van der Waals surface area contributed by atoms with Crippen molar-refractivity contribution in [2.24, 2.45) is 0 Å². The normalized spacial score (nSPS) is 13.1. The minimum absolute atomic E-state index is 0.114. The highest BCUT2D eigenvalue weighted by Gasteiger charge is 2.27. The topological polar surface area (TPSA) is 88.9 Å². The summed E-state index contributed by atoms with van der Waals surface area (Å²) >= 11 is 0. The Hall–Kier alpha value is -2.96. The highest BCUT2D eigenvalue weighted by atomic mass is 16.2. The first-order valence-corrected chi connectivity index (χ1v) is 9.91. The summed E-state index contributed by atoms with van der Waals surface area (Å²) in [5, 5.41) is 14.2. The smallest absolute Gasteiger partial charge is 0.274 e. The fourth-order valence-electron chi connectivity index (χ4n) is 2.92. The first-order valence-electron chi connectivity index (χ1n) is 9.91. The number of hydrogen-bond acceptors (Lipinski definition) is 4. The highest BCUT2D eigenvalue weighted by molar-refractivity contribution is 5.96. The molecule has 0 atom stereocenters. The van der Waals surface area contributed by atoms with Crippen LogP contribution in [0.25, 0.3) is 11.8 Å². The molecule has 1 aliphatic rings. The number of carbonyl (C=O) groups is 2. The van der Waals surface area contributed by atoms with Crippen LogP contribution in [-0.4, -0.2) is 39.4 Å². The second-order valence-corrected chi connectivity index (χ2v) is 6.90. The Morgan fingerprint density at radius 2 is 1.79 bits per heavy atom. The lowest BCUT2D eigenvalue weighted by Gasteiger charge is -2.08. The molecular formula is C21H27N5O2. The number of nitrogens with zero attached hydrogens (tertiary/aromatic N) is 3. The second kappa shape index (κ2) is 8.82. The van der Waals surface area contributed by atoms with Gasteiger partial charge in [0.15, 0.2) is 5.69 Å². The van der Waals surface area contributed by atoms with Crippen LogP contribution in [0.4, 0.5) is 0 Å². The lowest BCUT2D eigenvalue weighted by molar-refractivity contribution is 0.0941. The summed E-state index contributed by atoms with van der Waals surface area (Å²) in [7, 11) is 0. The van der Waals surface area contributed by atoms with Gasteiger partial charge in [0.2, 0.25) is 0 Å². The van der Waals surface area contributed by atoms with Crippen molar-refractivity contribution in [1.82, 2.24) is 25.6 Å². The van der Waals surface area contributed by atoms with Crippen molar-refractivity contribution < 1.29 is 9.59 Å². The van der Waals surface area contributed by atoms with E-state index in [1.54, 1.807) is 16.8 Å². The van der Waals surface area contributed by atoms with Crippen molar-refractivity contribution >= 4 is 17.9 Å². The molecule has 0 radical (unpaired) electrons. The van der Waals surface area contributed by atoms with Crippen molar-refractivity contribution in [3.8, 4) is 5.69 Å². The number of aromatic nitrogens is 3. The third-order valence-electron chi connectivity index (χ3n) is 4.79. The van der Waals surface area contributed by atoms with Gasteiger partial charge in [0, 0.05) is 18.2 Å². The molecular weight excluding hydrogens is 354 g/mol. The monoisotopic (exact) mass is 381 g/mol. The number of nitrogens with one attached hydrogen (secondary N) is 2. The average Bonchev–Trinajstić information content (AvgIpc) is 3.42. The van der Waals surface area contributed by atoms with E-state index in [2.05, 4.69) is 34.8 Å². The van der Waals surface area contributed by atoms with Crippen LogP contribution in [0.1, 0.15) is 73.0 Å². The lowest BCUT2D eigenvalue weighted by atomic mass is 10.1. The molecule has 2 N–H and O–H groups in total. The molecule has 0 saturated heterocycles. The molecule has 2 amide bonds. The molecule has 1 fully saturated rings. The van der Waals surface area contributed by atoms with Crippen LogP contribution in [-0.2, 0) is 0 Å². The number of rotatable bonds is 8. The molecule has 0 bridgehead atoms. The zero-order valence-corrected chi connectivity index (χ0v) is 16.7. The number of hydrogen-bond donors (Lipinski definition) is 2. The first kappa shape index (κ1) is 19.8. The van der Waals surface area contributed by atoms with E-state index in [9.17, 15) is 9.59 Å². The summed E-state index contributed by atoms with van der Waals surface area (Å²) in [5.41, 5.74) is 3.55. The predicted molar refractivity (Wildman–Crippen MR) is 108 cm³/mol. The first-order chi connectivity index (χ1) is 13.6. The van der Waals surface area contributed by atoms with Gasteiger partial charge in [-0.15, -0.1) is 5.10 Å².